The standard InChI is InChI=1S/C13H21N3/c1-2-11-4-3-7-15-13(11)10-16-12-5-8-14-9-6-12/h3-4,7,12,14,16H,2,5-6,8-10H2,1H3. The summed E-state index contributed by atoms with van der Waals surface area (Å²) in [5.74, 6) is 0. The van der Waals surface area contributed by atoms with Crippen LogP contribution in [0.15, 0.2) is 18.3 Å². The van der Waals surface area contributed by atoms with Gasteiger partial charge in [0.1, 0.15) is 0 Å². The van der Waals surface area contributed by atoms with Gasteiger partial charge in [-0.3, -0.25) is 4.98 Å². The zero-order valence-electron chi connectivity index (χ0n) is 10.00. The average Bonchev–Trinajstić information content (AvgIpc) is 2.38. The van der Waals surface area contributed by atoms with Crippen LogP contribution in [-0.2, 0) is 13.0 Å². The summed E-state index contributed by atoms with van der Waals surface area (Å²) >= 11 is 0. The van der Waals surface area contributed by atoms with Crippen LogP contribution in [0.1, 0.15) is 31.0 Å². The summed E-state index contributed by atoms with van der Waals surface area (Å²) in [5, 5.41) is 6.99. The van der Waals surface area contributed by atoms with Gasteiger partial charge in [-0.25, -0.2) is 0 Å². The van der Waals surface area contributed by atoms with Crippen LogP contribution in [0.2, 0.25) is 0 Å². The summed E-state index contributed by atoms with van der Waals surface area (Å²) in [4.78, 5) is 4.46. The molecule has 1 aromatic rings. The maximum atomic E-state index is 4.46. The molecule has 16 heavy (non-hydrogen) atoms. The lowest BCUT2D eigenvalue weighted by Crippen LogP contribution is -2.39. The van der Waals surface area contributed by atoms with Crippen LogP contribution in [0.25, 0.3) is 0 Å². The van der Waals surface area contributed by atoms with Crippen molar-refractivity contribution in [1.82, 2.24) is 15.6 Å². The SMILES string of the molecule is CCc1cccnc1CNC1CCNCC1. The number of pyridine rings is 1. The second-order valence-electron chi connectivity index (χ2n) is 4.37. The third kappa shape index (κ3) is 3.03. The van der Waals surface area contributed by atoms with Crippen molar-refractivity contribution in [3.63, 3.8) is 0 Å². The van der Waals surface area contributed by atoms with Gasteiger partial charge in [0.2, 0.25) is 0 Å². The van der Waals surface area contributed by atoms with Crippen molar-refractivity contribution in [3.05, 3.63) is 29.6 Å². The van der Waals surface area contributed by atoms with E-state index in [1.807, 2.05) is 12.3 Å². The molecular weight excluding hydrogens is 198 g/mol. The molecule has 0 radical (unpaired) electrons. The summed E-state index contributed by atoms with van der Waals surface area (Å²) in [7, 11) is 0. The van der Waals surface area contributed by atoms with E-state index >= 15 is 0 Å². The second kappa shape index (κ2) is 5.97. The van der Waals surface area contributed by atoms with Crippen LogP contribution in [0.3, 0.4) is 0 Å². The van der Waals surface area contributed by atoms with Crippen LogP contribution in [0.5, 0.6) is 0 Å². The number of rotatable bonds is 4. The van der Waals surface area contributed by atoms with Crippen LogP contribution in [0.4, 0.5) is 0 Å². The van der Waals surface area contributed by atoms with E-state index < -0.39 is 0 Å². The minimum atomic E-state index is 0.660. The lowest BCUT2D eigenvalue weighted by atomic mass is 10.1. The Bertz CT molecular complexity index is 319. The maximum Gasteiger partial charge on any atom is 0.0573 e. The first-order valence-electron chi connectivity index (χ1n) is 6.27. The molecule has 3 nitrogen and oxygen atoms in total. The zero-order chi connectivity index (χ0) is 11.2. The quantitative estimate of drug-likeness (QED) is 0.805. The van der Waals surface area contributed by atoms with E-state index in [9.17, 15) is 0 Å². The third-order valence-corrected chi connectivity index (χ3v) is 3.26. The van der Waals surface area contributed by atoms with Crippen molar-refractivity contribution in [2.45, 2.75) is 38.8 Å². The summed E-state index contributed by atoms with van der Waals surface area (Å²) in [5.41, 5.74) is 2.58. The van der Waals surface area contributed by atoms with Gasteiger partial charge in [-0.05, 0) is 44.0 Å². The third-order valence-electron chi connectivity index (χ3n) is 3.26. The molecule has 0 atom stereocenters. The van der Waals surface area contributed by atoms with E-state index in [2.05, 4.69) is 28.6 Å². The van der Waals surface area contributed by atoms with Crippen molar-refractivity contribution in [2.24, 2.45) is 0 Å². The molecule has 88 valence electrons. The summed E-state index contributed by atoms with van der Waals surface area (Å²) in [6, 6.07) is 4.85. The predicted octanol–water partition coefficient (Wildman–Crippen LogP) is 1.49. The first-order valence-corrected chi connectivity index (χ1v) is 6.27. The summed E-state index contributed by atoms with van der Waals surface area (Å²) in [6.07, 6.45) is 5.41. The molecular formula is C13H21N3. The molecule has 0 amide bonds. The number of hydrogen-bond acceptors (Lipinski definition) is 3. The number of aromatic nitrogens is 1. The van der Waals surface area contributed by atoms with Crippen molar-refractivity contribution in [1.29, 1.82) is 0 Å². The molecule has 2 N–H and O–H groups in total. The van der Waals surface area contributed by atoms with Crippen molar-refractivity contribution in [2.75, 3.05) is 13.1 Å². The molecule has 0 bridgehead atoms. The molecule has 0 aromatic carbocycles. The molecule has 2 heterocycles. The van der Waals surface area contributed by atoms with E-state index in [0.29, 0.717) is 6.04 Å². The molecule has 1 aliphatic rings. The largest absolute Gasteiger partial charge is 0.317 e. The average molecular weight is 219 g/mol. The lowest BCUT2D eigenvalue weighted by molar-refractivity contribution is 0.384. The van der Waals surface area contributed by atoms with Crippen LogP contribution < -0.4 is 10.6 Å². The van der Waals surface area contributed by atoms with E-state index in [4.69, 9.17) is 0 Å². The van der Waals surface area contributed by atoms with E-state index in [-0.39, 0.29) is 0 Å². The topological polar surface area (TPSA) is 37.0 Å². The molecule has 0 spiro atoms. The first kappa shape index (κ1) is 11.6. The predicted molar refractivity (Wildman–Crippen MR) is 66.3 cm³/mol. The molecule has 1 aliphatic heterocycles. The van der Waals surface area contributed by atoms with Gasteiger partial charge in [-0.1, -0.05) is 13.0 Å². The maximum absolute atomic E-state index is 4.46. The molecule has 2 rings (SSSR count). The van der Waals surface area contributed by atoms with E-state index in [1.54, 1.807) is 0 Å². The minimum Gasteiger partial charge on any atom is -0.317 e. The highest BCUT2D eigenvalue weighted by atomic mass is 15.0. The van der Waals surface area contributed by atoms with Crippen LogP contribution >= 0.6 is 0 Å². The molecule has 1 aromatic heterocycles. The second-order valence-corrected chi connectivity index (χ2v) is 4.37. The Labute approximate surface area is 97.7 Å². The molecule has 0 aliphatic carbocycles. The molecule has 3 heteroatoms. The fraction of sp³-hybridized carbons (Fsp3) is 0.615. The highest BCUT2D eigenvalue weighted by Crippen LogP contribution is 2.08. The number of hydrogen-bond donors (Lipinski definition) is 2. The molecule has 1 fully saturated rings. The molecule has 0 unspecified atom stereocenters. The fourth-order valence-corrected chi connectivity index (χ4v) is 2.22. The Morgan fingerprint density at radius 1 is 1.44 bits per heavy atom. The van der Waals surface area contributed by atoms with Gasteiger partial charge in [-0.2, -0.15) is 0 Å². The zero-order valence-corrected chi connectivity index (χ0v) is 10.00. The normalized spacial score (nSPS) is 17.6. The Hall–Kier alpha value is -0.930. The van der Waals surface area contributed by atoms with Gasteiger partial charge in [0, 0.05) is 18.8 Å². The summed E-state index contributed by atoms with van der Waals surface area (Å²) in [6.45, 7) is 5.38. The van der Waals surface area contributed by atoms with Crippen LogP contribution in [0, 0.1) is 0 Å². The van der Waals surface area contributed by atoms with Crippen LogP contribution in [-0.4, -0.2) is 24.1 Å². The van der Waals surface area contributed by atoms with Gasteiger partial charge in [-0.15, -0.1) is 0 Å². The van der Waals surface area contributed by atoms with Crippen molar-refractivity contribution >= 4 is 0 Å². The summed E-state index contributed by atoms with van der Waals surface area (Å²) < 4.78 is 0. The van der Waals surface area contributed by atoms with Gasteiger partial charge in [0.15, 0.2) is 0 Å². The first-order chi connectivity index (χ1) is 7.90. The minimum absolute atomic E-state index is 0.660. The number of nitrogens with one attached hydrogen (secondary N) is 2. The highest BCUT2D eigenvalue weighted by Gasteiger charge is 2.12. The Balaban J connectivity index is 1.88. The van der Waals surface area contributed by atoms with Gasteiger partial charge in [0.05, 0.1) is 5.69 Å². The monoisotopic (exact) mass is 219 g/mol. The van der Waals surface area contributed by atoms with Gasteiger partial charge in [0.25, 0.3) is 0 Å². The van der Waals surface area contributed by atoms with Gasteiger partial charge >= 0.3 is 0 Å². The number of piperidine rings is 1. The highest BCUT2D eigenvalue weighted by molar-refractivity contribution is 5.19. The number of nitrogens with zero attached hydrogens (tertiary/aromatic N) is 1. The Kier molecular flexibility index (Phi) is 4.31. The molecule has 0 saturated carbocycles. The smallest absolute Gasteiger partial charge is 0.0573 e. The Morgan fingerprint density at radius 3 is 3.00 bits per heavy atom. The Morgan fingerprint density at radius 2 is 2.25 bits per heavy atom. The van der Waals surface area contributed by atoms with Crippen molar-refractivity contribution in [3.8, 4) is 0 Å². The lowest BCUT2D eigenvalue weighted by Gasteiger charge is -2.24. The molecule has 1 saturated heterocycles. The van der Waals surface area contributed by atoms with Crippen molar-refractivity contribution < 1.29 is 0 Å². The fourth-order valence-electron chi connectivity index (χ4n) is 2.22. The number of aryl methyl sites for hydroxylation is 1. The van der Waals surface area contributed by atoms with E-state index in [0.717, 1.165) is 26.1 Å². The van der Waals surface area contributed by atoms with Gasteiger partial charge < -0.3 is 10.6 Å². The van der Waals surface area contributed by atoms with E-state index in [1.165, 1.54) is 24.1 Å².